The first-order chi connectivity index (χ1) is 10.2. The molecule has 1 aliphatic heterocycles. The van der Waals surface area contributed by atoms with Crippen LogP contribution in [0.4, 0.5) is 5.69 Å². The van der Waals surface area contributed by atoms with Gasteiger partial charge in [0.25, 0.3) is 0 Å². The highest BCUT2D eigenvalue weighted by Gasteiger charge is 2.16. The van der Waals surface area contributed by atoms with Crippen molar-refractivity contribution in [1.29, 1.82) is 0 Å². The van der Waals surface area contributed by atoms with Gasteiger partial charge in [-0.1, -0.05) is 19.1 Å². The topological polar surface area (TPSA) is 41.6 Å². The Kier molecular flexibility index (Phi) is 4.08. The SMILES string of the molecule is CCCN(C)Cc1ccc2c(c1)N=C(N)c1sccc1C2. The first-order valence-corrected chi connectivity index (χ1v) is 8.26. The van der Waals surface area contributed by atoms with E-state index in [1.54, 1.807) is 11.3 Å². The number of benzene rings is 1. The van der Waals surface area contributed by atoms with Crippen LogP contribution in [0.15, 0.2) is 34.6 Å². The smallest absolute Gasteiger partial charge is 0.141 e. The Morgan fingerprint density at radius 3 is 2.95 bits per heavy atom. The van der Waals surface area contributed by atoms with E-state index in [2.05, 4.69) is 53.5 Å². The van der Waals surface area contributed by atoms with Crippen molar-refractivity contribution in [3.8, 4) is 0 Å². The molecule has 1 aliphatic rings. The van der Waals surface area contributed by atoms with Crippen LogP contribution in [0.3, 0.4) is 0 Å². The fraction of sp³-hybridized carbons (Fsp3) is 0.353. The molecule has 0 fully saturated rings. The fourth-order valence-corrected chi connectivity index (χ4v) is 3.65. The van der Waals surface area contributed by atoms with Crippen molar-refractivity contribution < 1.29 is 0 Å². The second-order valence-corrected chi connectivity index (χ2v) is 6.57. The third-order valence-electron chi connectivity index (χ3n) is 3.81. The molecule has 3 nitrogen and oxygen atoms in total. The highest BCUT2D eigenvalue weighted by atomic mass is 32.1. The van der Waals surface area contributed by atoms with E-state index < -0.39 is 0 Å². The van der Waals surface area contributed by atoms with Crippen LogP contribution in [0, 0.1) is 0 Å². The molecule has 21 heavy (non-hydrogen) atoms. The number of fused-ring (bicyclic) bond motifs is 2. The van der Waals surface area contributed by atoms with Crippen molar-refractivity contribution in [3.63, 3.8) is 0 Å². The first kappa shape index (κ1) is 14.3. The molecule has 0 bridgehead atoms. The molecule has 3 rings (SSSR count). The van der Waals surface area contributed by atoms with Gasteiger partial charge in [0.2, 0.25) is 0 Å². The van der Waals surface area contributed by atoms with Crippen molar-refractivity contribution >= 4 is 22.9 Å². The quantitative estimate of drug-likeness (QED) is 0.938. The molecule has 4 heteroatoms. The van der Waals surface area contributed by atoms with E-state index in [9.17, 15) is 0 Å². The minimum Gasteiger partial charge on any atom is -0.382 e. The molecule has 0 aliphatic carbocycles. The van der Waals surface area contributed by atoms with E-state index in [4.69, 9.17) is 5.73 Å². The number of thiophene rings is 1. The van der Waals surface area contributed by atoms with Gasteiger partial charge in [-0.2, -0.15) is 0 Å². The molecule has 0 atom stereocenters. The fourth-order valence-electron chi connectivity index (χ4n) is 2.82. The van der Waals surface area contributed by atoms with Gasteiger partial charge in [0.05, 0.1) is 10.6 Å². The minimum absolute atomic E-state index is 0.651. The number of aliphatic imine (C=N–C) groups is 1. The summed E-state index contributed by atoms with van der Waals surface area (Å²) in [5.41, 5.74) is 11.0. The Labute approximate surface area is 130 Å². The molecule has 110 valence electrons. The molecule has 1 aromatic heterocycles. The van der Waals surface area contributed by atoms with Gasteiger partial charge < -0.3 is 10.6 Å². The third kappa shape index (κ3) is 3.01. The largest absolute Gasteiger partial charge is 0.382 e. The van der Waals surface area contributed by atoms with Gasteiger partial charge in [-0.05, 0) is 54.2 Å². The van der Waals surface area contributed by atoms with Gasteiger partial charge in [-0.15, -0.1) is 11.3 Å². The van der Waals surface area contributed by atoms with Crippen LogP contribution in [0.1, 0.15) is 34.9 Å². The van der Waals surface area contributed by atoms with Crippen molar-refractivity contribution in [2.75, 3.05) is 13.6 Å². The van der Waals surface area contributed by atoms with Crippen LogP contribution in [-0.2, 0) is 13.0 Å². The van der Waals surface area contributed by atoms with Gasteiger partial charge in [-0.25, -0.2) is 4.99 Å². The zero-order valence-electron chi connectivity index (χ0n) is 12.6. The minimum atomic E-state index is 0.651. The van der Waals surface area contributed by atoms with E-state index in [0.29, 0.717) is 5.84 Å². The molecule has 0 unspecified atom stereocenters. The normalized spacial score (nSPS) is 13.6. The predicted molar refractivity (Wildman–Crippen MR) is 90.6 cm³/mol. The van der Waals surface area contributed by atoms with E-state index in [1.807, 2.05) is 0 Å². The summed E-state index contributed by atoms with van der Waals surface area (Å²) >= 11 is 1.67. The molecule has 0 radical (unpaired) electrons. The average Bonchev–Trinajstić information content (AvgIpc) is 2.85. The number of amidine groups is 1. The maximum Gasteiger partial charge on any atom is 0.141 e. The standard InChI is InChI=1S/C17H21N3S/c1-3-7-20(2)11-12-4-5-13-10-14-6-8-21-16(14)17(18)19-15(13)9-12/h4-6,8-9H,3,7,10-11H2,1-2H3,(H2,18,19). The summed E-state index contributed by atoms with van der Waals surface area (Å²) in [5.74, 6) is 0.651. The molecule has 2 heterocycles. The maximum atomic E-state index is 6.15. The van der Waals surface area contributed by atoms with Gasteiger partial charge >= 0.3 is 0 Å². The monoisotopic (exact) mass is 299 g/mol. The zero-order chi connectivity index (χ0) is 14.8. The lowest BCUT2D eigenvalue weighted by atomic mass is 10.0. The van der Waals surface area contributed by atoms with Crippen LogP contribution < -0.4 is 5.73 Å². The Balaban J connectivity index is 1.91. The molecular formula is C17H21N3S. The Bertz CT molecular complexity index is 672. The summed E-state index contributed by atoms with van der Waals surface area (Å²) in [6.45, 7) is 4.27. The Morgan fingerprint density at radius 1 is 1.29 bits per heavy atom. The molecular weight excluding hydrogens is 278 g/mol. The predicted octanol–water partition coefficient (Wildman–Crippen LogP) is 3.53. The molecule has 2 aromatic rings. The van der Waals surface area contributed by atoms with Crippen molar-refractivity contribution in [1.82, 2.24) is 4.90 Å². The number of nitrogens with zero attached hydrogens (tertiary/aromatic N) is 2. The van der Waals surface area contributed by atoms with E-state index in [1.165, 1.54) is 23.1 Å². The van der Waals surface area contributed by atoms with Crippen LogP contribution in [0.25, 0.3) is 0 Å². The van der Waals surface area contributed by atoms with E-state index >= 15 is 0 Å². The first-order valence-electron chi connectivity index (χ1n) is 7.38. The summed E-state index contributed by atoms with van der Waals surface area (Å²) in [6, 6.07) is 8.76. The van der Waals surface area contributed by atoms with Crippen molar-refractivity contribution in [2.24, 2.45) is 10.7 Å². The second-order valence-electron chi connectivity index (χ2n) is 5.65. The van der Waals surface area contributed by atoms with Crippen LogP contribution >= 0.6 is 11.3 Å². The summed E-state index contributed by atoms with van der Waals surface area (Å²) in [7, 11) is 2.16. The molecule has 2 N–H and O–H groups in total. The lowest BCUT2D eigenvalue weighted by molar-refractivity contribution is 0.327. The lowest BCUT2D eigenvalue weighted by Crippen LogP contribution is -2.18. The summed E-state index contributed by atoms with van der Waals surface area (Å²) in [5, 5.41) is 2.09. The third-order valence-corrected chi connectivity index (χ3v) is 4.79. The molecule has 0 saturated carbocycles. The molecule has 1 aromatic carbocycles. The van der Waals surface area contributed by atoms with Crippen molar-refractivity contribution in [2.45, 2.75) is 26.3 Å². The number of nitrogens with two attached hydrogens (primary N) is 1. The maximum absolute atomic E-state index is 6.15. The van der Waals surface area contributed by atoms with E-state index in [-0.39, 0.29) is 0 Å². The highest BCUT2D eigenvalue weighted by Crippen LogP contribution is 2.31. The summed E-state index contributed by atoms with van der Waals surface area (Å²) in [4.78, 5) is 8.11. The molecule has 0 spiro atoms. The molecule has 0 saturated heterocycles. The van der Waals surface area contributed by atoms with Gasteiger partial charge in [-0.3, -0.25) is 0 Å². The van der Waals surface area contributed by atoms with Crippen molar-refractivity contribution in [3.05, 3.63) is 51.2 Å². The summed E-state index contributed by atoms with van der Waals surface area (Å²) < 4.78 is 0. The van der Waals surface area contributed by atoms with Crippen LogP contribution in [-0.4, -0.2) is 24.3 Å². The van der Waals surface area contributed by atoms with Gasteiger partial charge in [0, 0.05) is 13.0 Å². The van der Waals surface area contributed by atoms with Crippen LogP contribution in [0.5, 0.6) is 0 Å². The Hall–Kier alpha value is -1.65. The summed E-state index contributed by atoms with van der Waals surface area (Å²) in [6.07, 6.45) is 2.09. The molecule has 0 amide bonds. The van der Waals surface area contributed by atoms with Gasteiger partial charge in [0.1, 0.15) is 5.84 Å². The zero-order valence-corrected chi connectivity index (χ0v) is 13.4. The van der Waals surface area contributed by atoms with Crippen LogP contribution in [0.2, 0.25) is 0 Å². The second kappa shape index (κ2) is 6.00. The average molecular weight is 299 g/mol. The number of hydrogen-bond acceptors (Lipinski definition) is 4. The highest BCUT2D eigenvalue weighted by molar-refractivity contribution is 7.12. The number of hydrogen-bond donors (Lipinski definition) is 1. The Morgan fingerprint density at radius 2 is 2.14 bits per heavy atom. The van der Waals surface area contributed by atoms with E-state index in [0.717, 1.165) is 30.1 Å². The van der Waals surface area contributed by atoms with Gasteiger partial charge in [0.15, 0.2) is 0 Å². The number of rotatable bonds is 4. The lowest BCUT2D eigenvalue weighted by Gasteiger charge is -2.16.